The van der Waals surface area contributed by atoms with Gasteiger partial charge in [-0.25, -0.2) is 0 Å². The number of aryl methyl sites for hydroxylation is 1. The van der Waals surface area contributed by atoms with Gasteiger partial charge in [0.1, 0.15) is 5.75 Å². The summed E-state index contributed by atoms with van der Waals surface area (Å²) in [6.45, 7) is 7.33. The summed E-state index contributed by atoms with van der Waals surface area (Å²) in [7, 11) is 2.08. The lowest BCUT2D eigenvalue weighted by Gasteiger charge is -2.33. The first-order valence-electron chi connectivity index (χ1n) is 8.06. The van der Waals surface area contributed by atoms with E-state index in [9.17, 15) is 0 Å². The lowest BCUT2D eigenvalue weighted by atomic mass is 9.77. The van der Waals surface area contributed by atoms with Crippen LogP contribution in [0, 0.1) is 18.8 Å². The predicted molar refractivity (Wildman–Crippen MR) is 85.3 cm³/mol. The van der Waals surface area contributed by atoms with E-state index in [-0.39, 0.29) is 0 Å². The van der Waals surface area contributed by atoms with E-state index in [0.29, 0.717) is 6.04 Å². The molecular formula is C18H29NO. The molecule has 2 nitrogen and oxygen atoms in total. The molecule has 1 aromatic rings. The molecule has 112 valence electrons. The van der Waals surface area contributed by atoms with E-state index in [1.165, 1.54) is 36.8 Å². The van der Waals surface area contributed by atoms with Crippen LogP contribution in [0.3, 0.4) is 0 Å². The first kappa shape index (κ1) is 15.4. The van der Waals surface area contributed by atoms with Crippen LogP contribution in [0.5, 0.6) is 5.75 Å². The zero-order chi connectivity index (χ0) is 14.5. The van der Waals surface area contributed by atoms with Crippen LogP contribution in [0.25, 0.3) is 0 Å². The molecule has 1 saturated carbocycles. The lowest BCUT2D eigenvalue weighted by Crippen LogP contribution is -2.29. The summed E-state index contributed by atoms with van der Waals surface area (Å²) in [5, 5.41) is 3.55. The van der Waals surface area contributed by atoms with Crippen molar-refractivity contribution in [3.63, 3.8) is 0 Å². The van der Waals surface area contributed by atoms with Crippen LogP contribution in [0.1, 0.15) is 56.7 Å². The smallest absolute Gasteiger partial charge is 0.124 e. The Morgan fingerprint density at radius 2 is 1.95 bits per heavy atom. The number of nitrogens with one attached hydrogen (secondary N) is 1. The Kier molecular flexibility index (Phi) is 5.47. The van der Waals surface area contributed by atoms with Gasteiger partial charge < -0.3 is 10.1 Å². The molecule has 0 bridgehead atoms. The summed E-state index contributed by atoms with van der Waals surface area (Å²) in [5.74, 6) is 2.68. The number of rotatable bonds is 5. The molecule has 0 radical (unpaired) electrons. The molecule has 1 fully saturated rings. The van der Waals surface area contributed by atoms with Crippen molar-refractivity contribution >= 4 is 0 Å². The van der Waals surface area contributed by atoms with Crippen molar-refractivity contribution in [2.75, 3.05) is 13.7 Å². The Labute approximate surface area is 123 Å². The highest BCUT2D eigenvalue weighted by molar-refractivity contribution is 5.39. The average Bonchev–Trinajstić information content (AvgIpc) is 2.45. The summed E-state index contributed by atoms with van der Waals surface area (Å²) >= 11 is 0. The Hall–Kier alpha value is -1.02. The van der Waals surface area contributed by atoms with Crippen LogP contribution in [-0.4, -0.2) is 13.7 Å². The average molecular weight is 275 g/mol. The number of hydrogen-bond acceptors (Lipinski definition) is 2. The molecule has 0 amide bonds. The standard InChI is InChI=1S/C18H29NO/c1-5-20-17-11-8-14(3)12-16(17)18(19-4)15-9-6-13(2)7-10-15/h8,11-13,15,18-19H,5-7,9-10H2,1-4H3. The van der Waals surface area contributed by atoms with Gasteiger partial charge in [-0.05, 0) is 51.6 Å². The topological polar surface area (TPSA) is 21.3 Å². The second-order valence-electron chi connectivity index (χ2n) is 6.26. The molecular weight excluding hydrogens is 246 g/mol. The second kappa shape index (κ2) is 7.12. The molecule has 0 saturated heterocycles. The van der Waals surface area contributed by atoms with Crippen molar-refractivity contribution < 1.29 is 4.74 Å². The molecule has 1 aromatic carbocycles. The van der Waals surface area contributed by atoms with E-state index in [1.54, 1.807) is 0 Å². The van der Waals surface area contributed by atoms with E-state index in [0.717, 1.165) is 24.2 Å². The maximum Gasteiger partial charge on any atom is 0.124 e. The van der Waals surface area contributed by atoms with E-state index < -0.39 is 0 Å². The molecule has 20 heavy (non-hydrogen) atoms. The molecule has 0 aliphatic heterocycles. The Balaban J connectivity index is 2.23. The molecule has 2 rings (SSSR count). The molecule has 1 unspecified atom stereocenters. The van der Waals surface area contributed by atoms with Crippen molar-refractivity contribution in [3.8, 4) is 5.75 Å². The van der Waals surface area contributed by atoms with Crippen molar-refractivity contribution in [2.45, 2.75) is 52.5 Å². The third-order valence-corrected chi connectivity index (χ3v) is 4.64. The Morgan fingerprint density at radius 3 is 2.55 bits per heavy atom. The van der Waals surface area contributed by atoms with Crippen molar-refractivity contribution in [3.05, 3.63) is 29.3 Å². The number of ether oxygens (including phenoxy) is 1. The predicted octanol–water partition coefficient (Wildman–Crippen LogP) is 4.48. The minimum Gasteiger partial charge on any atom is -0.494 e. The van der Waals surface area contributed by atoms with Crippen molar-refractivity contribution in [2.24, 2.45) is 11.8 Å². The lowest BCUT2D eigenvalue weighted by molar-refractivity contribution is 0.232. The van der Waals surface area contributed by atoms with Gasteiger partial charge in [-0.2, -0.15) is 0 Å². The SMILES string of the molecule is CCOc1ccc(C)cc1C(NC)C1CCC(C)CC1. The molecule has 1 aliphatic carbocycles. The fourth-order valence-electron chi connectivity index (χ4n) is 3.46. The Bertz CT molecular complexity index is 421. The minimum atomic E-state index is 0.420. The molecule has 1 aliphatic rings. The van der Waals surface area contributed by atoms with Gasteiger partial charge in [0.15, 0.2) is 0 Å². The van der Waals surface area contributed by atoms with Gasteiger partial charge in [0.05, 0.1) is 6.61 Å². The molecule has 2 heteroatoms. The van der Waals surface area contributed by atoms with E-state index in [2.05, 4.69) is 51.3 Å². The maximum atomic E-state index is 5.85. The Morgan fingerprint density at radius 1 is 1.25 bits per heavy atom. The summed E-state index contributed by atoms with van der Waals surface area (Å²) in [5.41, 5.74) is 2.65. The van der Waals surface area contributed by atoms with Gasteiger partial charge >= 0.3 is 0 Å². The van der Waals surface area contributed by atoms with Crippen LogP contribution in [-0.2, 0) is 0 Å². The number of hydrogen-bond donors (Lipinski definition) is 1. The summed E-state index contributed by atoms with van der Waals surface area (Å²) in [6.07, 6.45) is 5.37. The van der Waals surface area contributed by atoms with Crippen LogP contribution >= 0.6 is 0 Å². The summed E-state index contributed by atoms with van der Waals surface area (Å²) in [6, 6.07) is 6.99. The first-order valence-corrected chi connectivity index (χ1v) is 8.06. The van der Waals surface area contributed by atoms with E-state index in [1.807, 2.05) is 0 Å². The second-order valence-corrected chi connectivity index (χ2v) is 6.26. The third-order valence-electron chi connectivity index (χ3n) is 4.64. The normalized spacial score (nSPS) is 24.4. The summed E-state index contributed by atoms with van der Waals surface area (Å²) in [4.78, 5) is 0. The molecule has 0 aromatic heterocycles. The minimum absolute atomic E-state index is 0.420. The van der Waals surface area contributed by atoms with Crippen LogP contribution < -0.4 is 10.1 Å². The first-order chi connectivity index (χ1) is 9.65. The van der Waals surface area contributed by atoms with E-state index >= 15 is 0 Å². The van der Waals surface area contributed by atoms with Crippen LogP contribution in [0.15, 0.2) is 18.2 Å². The zero-order valence-electron chi connectivity index (χ0n) is 13.4. The maximum absolute atomic E-state index is 5.85. The van der Waals surface area contributed by atoms with Gasteiger partial charge in [-0.1, -0.05) is 37.5 Å². The fourth-order valence-corrected chi connectivity index (χ4v) is 3.46. The highest BCUT2D eigenvalue weighted by Gasteiger charge is 2.28. The quantitative estimate of drug-likeness (QED) is 0.855. The van der Waals surface area contributed by atoms with Gasteiger partial charge in [-0.15, -0.1) is 0 Å². The monoisotopic (exact) mass is 275 g/mol. The van der Waals surface area contributed by atoms with Crippen molar-refractivity contribution in [1.82, 2.24) is 5.32 Å². The summed E-state index contributed by atoms with van der Waals surface area (Å²) < 4.78 is 5.85. The van der Waals surface area contributed by atoms with Gasteiger partial charge in [0, 0.05) is 11.6 Å². The fraction of sp³-hybridized carbons (Fsp3) is 0.667. The molecule has 1 atom stereocenters. The highest BCUT2D eigenvalue weighted by Crippen LogP contribution is 2.39. The molecule has 0 spiro atoms. The van der Waals surface area contributed by atoms with Crippen molar-refractivity contribution in [1.29, 1.82) is 0 Å². The van der Waals surface area contributed by atoms with Gasteiger partial charge in [-0.3, -0.25) is 0 Å². The molecule has 1 N–H and O–H groups in total. The van der Waals surface area contributed by atoms with Crippen LogP contribution in [0.4, 0.5) is 0 Å². The zero-order valence-corrected chi connectivity index (χ0v) is 13.4. The van der Waals surface area contributed by atoms with Gasteiger partial charge in [0.25, 0.3) is 0 Å². The molecule has 0 heterocycles. The number of benzene rings is 1. The largest absolute Gasteiger partial charge is 0.494 e. The van der Waals surface area contributed by atoms with E-state index in [4.69, 9.17) is 4.74 Å². The van der Waals surface area contributed by atoms with Gasteiger partial charge in [0.2, 0.25) is 0 Å². The highest BCUT2D eigenvalue weighted by atomic mass is 16.5. The third kappa shape index (κ3) is 3.54. The van der Waals surface area contributed by atoms with Crippen LogP contribution in [0.2, 0.25) is 0 Å².